The summed E-state index contributed by atoms with van der Waals surface area (Å²) >= 11 is 2.38. The number of ether oxygens (including phenoxy) is 2. The Labute approximate surface area is 140 Å². The van der Waals surface area contributed by atoms with E-state index in [9.17, 15) is 9.59 Å². The minimum absolute atomic E-state index is 0.225. The van der Waals surface area contributed by atoms with Gasteiger partial charge in [0, 0.05) is 13.2 Å². The summed E-state index contributed by atoms with van der Waals surface area (Å²) in [5.74, 6) is -0.525. The van der Waals surface area contributed by atoms with Crippen molar-refractivity contribution >= 4 is 40.1 Å². The van der Waals surface area contributed by atoms with Gasteiger partial charge in [0.1, 0.15) is 10.8 Å². The molecule has 23 heavy (non-hydrogen) atoms. The maximum atomic E-state index is 12.2. The Kier molecular flexibility index (Phi) is 5.55. The molecular weight excluding hydrogens is 342 g/mol. The fraction of sp³-hybridized carbons (Fsp3) is 0.417. The molecule has 0 saturated heterocycles. The number of amides is 1. The van der Waals surface area contributed by atoms with Crippen LogP contribution in [0.25, 0.3) is 0 Å². The molecule has 1 unspecified atom stereocenters. The summed E-state index contributed by atoms with van der Waals surface area (Å²) < 4.78 is 11.7. The number of carbonyl (C=O) groups is 2. The van der Waals surface area contributed by atoms with Crippen LogP contribution < -0.4 is 10.1 Å². The van der Waals surface area contributed by atoms with Crippen LogP contribution in [0, 0.1) is 0 Å². The van der Waals surface area contributed by atoms with E-state index in [1.54, 1.807) is 20.2 Å². The normalized spacial score (nSPS) is 11.8. The fourth-order valence-corrected chi connectivity index (χ4v) is 3.53. The zero-order valence-electron chi connectivity index (χ0n) is 12.9. The Balaban J connectivity index is 2.04. The van der Waals surface area contributed by atoms with E-state index in [-0.39, 0.29) is 11.8 Å². The van der Waals surface area contributed by atoms with Crippen molar-refractivity contribution in [3.63, 3.8) is 0 Å². The highest BCUT2D eigenvalue weighted by Crippen LogP contribution is 2.29. The predicted octanol–water partition coefficient (Wildman–Crippen LogP) is 1.19. The number of anilines is 1. The van der Waals surface area contributed by atoms with E-state index in [1.807, 2.05) is 0 Å². The molecule has 1 N–H and O–H groups in total. The van der Waals surface area contributed by atoms with Gasteiger partial charge in [0.15, 0.2) is 4.34 Å². The van der Waals surface area contributed by atoms with Gasteiger partial charge in [-0.1, -0.05) is 23.1 Å². The minimum atomic E-state index is -0.407. The van der Waals surface area contributed by atoms with Crippen LogP contribution in [0.2, 0.25) is 0 Å². The zero-order valence-corrected chi connectivity index (χ0v) is 14.5. The number of hydrogen-bond acceptors (Lipinski definition) is 9. The molecule has 0 aromatic carbocycles. The van der Waals surface area contributed by atoms with E-state index >= 15 is 0 Å². The number of aromatic nitrogens is 4. The molecule has 0 saturated carbocycles. The first-order valence-corrected chi connectivity index (χ1v) is 8.11. The van der Waals surface area contributed by atoms with E-state index in [1.165, 1.54) is 42.0 Å². The number of nitrogens with one attached hydrogen (secondary N) is 1. The highest BCUT2D eigenvalue weighted by atomic mass is 32.2. The molecule has 9 nitrogen and oxygen atoms in total. The summed E-state index contributed by atoms with van der Waals surface area (Å²) in [6, 6.07) is 0. The molecule has 1 amide bonds. The Morgan fingerprint density at radius 3 is 2.78 bits per heavy atom. The van der Waals surface area contributed by atoms with Crippen molar-refractivity contribution in [2.45, 2.75) is 16.5 Å². The number of esters is 1. The third kappa shape index (κ3) is 4.20. The van der Waals surface area contributed by atoms with Gasteiger partial charge < -0.3 is 9.47 Å². The van der Waals surface area contributed by atoms with Crippen molar-refractivity contribution in [3.05, 3.63) is 11.8 Å². The van der Waals surface area contributed by atoms with Crippen LogP contribution in [0.15, 0.2) is 10.5 Å². The molecule has 11 heteroatoms. The fourth-order valence-electron chi connectivity index (χ4n) is 1.61. The summed E-state index contributed by atoms with van der Waals surface area (Å²) in [6.45, 7) is 1.71. The maximum Gasteiger partial charge on any atom is 0.318 e. The third-order valence-corrected chi connectivity index (χ3v) is 4.67. The average molecular weight is 357 g/mol. The minimum Gasteiger partial charge on any atom is -0.479 e. The van der Waals surface area contributed by atoms with Crippen molar-refractivity contribution in [1.29, 1.82) is 0 Å². The van der Waals surface area contributed by atoms with Crippen LogP contribution in [0.5, 0.6) is 5.88 Å². The van der Waals surface area contributed by atoms with E-state index in [4.69, 9.17) is 4.74 Å². The molecule has 0 bridgehead atoms. The van der Waals surface area contributed by atoms with Gasteiger partial charge in [-0.2, -0.15) is 0 Å². The lowest BCUT2D eigenvalue weighted by atomic mass is 10.3. The van der Waals surface area contributed by atoms with E-state index in [0.717, 1.165) is 0 Å². The maximum absolute atomic E-state index is 12.2. The first-order valence-electron chi connectivity index (χ1n) is 6.41. The largest absolute Gasteiger partial charge is 0.479 e. The molecule has 0 fully saturated rings. The number of rotatable bonds is 6. The number of methoxy groups -OCH3 is 2. The van der Waals surface area contributed by atoms with Crippen molar-refractivity contribution in [1.82, 2.24) is 20.0 Å². The van der Waals surface area contributed by atoms with Crippen LogP contribution >= 0.6 is 23.1 Å². The van der Waals surface area contributed by atoms with Crippen LogP contribution in [0.3, 0.4) is 0 Å². The summed E-state index contributed by atoms with van der Waals surface area (Å²) in [5, 5.41) is 14.4. The Hall–Kier alpha value is -2.14. The molecule has 0 radical (unpaired) electrons. The average Bonchev–Trinajstić information content (AvgIpc) is 3.12. The topological polar surface area (TPSA) is 108 Å². The molecule has 124 valence electrons. The molecule has 0 spiro atoms. The van der Waals surface area contributed by atoms with E-state index < -0.39 is 11.2 Å². The second-order valence-electron chi connectivity index (χ2n) is 4.34. The van der Waals surface area contributed by atoms with Crippen molar-refractivity contribution in [2.24, 2.45) is 7.05 Å². The Morgan fingerprint density at radius 2 is 2.13 bits per heavy atom. The quantitative estimate of drug-likeness (QED) is 0.466. The molecule has 2 rings (SSSR count). The van der Waals surface area contributed by atoms with Crippen molar-refractivity contribution in [2.75, 3.05) is 19.5 Å². The lowest BCUT2D eigenvalue weighted by molar-refractivity contribution is -0.139. The van der Waals surface area contributed by atoms with Crippen LogP contribution in [-0.2, 0) is 16.6 Å². The number of carbonyl (C=O) groups excluding carboxylic acids is 2. The first kappa shape index (κ1) is 17.2. The van der Waals surface area contributed by atoms with Crippen LogP contribution in [0.1, 0.15) is 17.3 Å². The second kappa shape index (κ2) is 7.42. The van der Waals surface area contributed by atoms with Gasteiger partial charge in [-0.05, 0) is 6.92 Å². The van der Waals surface area contributed by atoms with Gasteiger partial charge in [0.25, 0.3) is 5.91 Å². The summed E-state index contributed by atoms with van der Waals surface area (Å²) in [5.41, 5.74) is 0.294. The predicted molar refractivity (Wildman–Crippen MR) is 85.0 cm³/mol. The highest BCUT2D eigenvalue weighted by Gasteiger charge is 2.20. The van der Waals surface area contributed by atoms with Gasteiger partial charge in [0.2, 0.25) is 11.0 Å². The third-order valence-electron chi connectivity index (χ3n) is 2.67. The van der Waals surface area contributed by atoms with E-state index in [0.29, 0.717) is 15.0 Å². The van der Waals surface area contributed by atoms with Crippen LogP contribution in [-0.4, -0.2) is 51.3 Å². The van der Waals surface area contributed by atoms with Gasteiger partial charge >= 0.3 is 5.97 Å². The lowest BCUT2D eigenvalue weighted by Gasteiger charge is -2.04. The number of nitrogens with zero attached hydrogens (tertiary/aromatic N) is 4. The molecule has 0 aliphatic carbocycles. The molecule has 0 aliphatic rings. The monoisotopic (exact) mass is 357 g/mol. The SMILES string of the molecule is COC(=O)C(C)Sc1nnc(NC(=O)c2cn(C)nc2OC)s1. The van der Waals surface area contributed by atoms with Crippen molar-refractivity contribution in [3.8, 4) is 5.88 Å². The summed E-state index contributed by atoms with van der Waals surface area (Å²) in [6.07, 6.45) is 1.55. The zero-order chi connectivity index (χ0) is 17.0. The van der Waals surface area contributed by atoms with Crippen molar-refractivity contribution < 1.29 is 19.1 Å². The molecule has 0 aliphatic heterocycles. The molecule has 2 aromatic heterocycles. The summed E-state index contributed by atoms with van der Waals surface area (Å²) in [7, 11) is 4.45. The molecule has 2 heterocycles. The van der Waals surface area contributed by atoms with E-state index in [2.05, 4.69) is 25.3 Å². The molecule has 1 atom stereocenters. The number of hydrogen-bond donors (Lipinski definition) is 1. The highest BCUT2D eigenvalue weighted by molar-refractivity contribution is 8.02. The molecular formula is C12H15N5O4S2. The first-order chi connectivity index (χ1) is 10.9. The van der Waals surface area contributed by atoms with Gasteiger partial charge in [0.05, 0.1) is 14.2 Å². The smallest absolute Gasteiger partial charge is 0.318 e. The molecule has 2 aromatic rings. The van der Waals surface area contributed by atoms with Crippen LogP contribution in [0.4, 0.5) is 5.13 Å². The number of thioether (sulfide) groups is 1. The van der Waals surface area contributed by atoms with Gasteiger partial charge in [-0.25, -0.2) is 0 Å². The summed E-state index contributed by atoms with van der Waals surface area (Å²) in [4.78, 5) is 23.6. The Bertz CT molecular complexity index is 714. The number of aryl methyl sites for hydroxylation is 1. The lowest BCUT2D eigenvalue weighted by Crippen LogP contribution is -2.14. The second-order valence-corrected chi connectivity index (χ2v) is 6.90. The standard InChI is InChI=1S/C12H15N5O4S2/c1-6(10(19)21-4)22-12-15-14-11(23-12)13-8(18)7-5-17(2)16-9(7)20-3/h5-6H,1-4H3,(H,13,14,18). The Morgan fingerprint density at radius 1 is 1.39 bits per heavy atom. The van der Waals surface area contributed by atoms with Gasteiger partial charge in [-0.15, -0.1) is 15.3 Å². The van der Waals surface area contributed by atoms with Gasteiger partial charge in [-0.3, -0.25) is 19.6 Å².